The summed E-state index contributed by atoms with van der Waals surface area (Å²) >= 11 is 0. The van der Waals surface area contributed by atoms with Gasteiger partial charge in [-0.3, -0.25) is 4.79 Å². The molecule has 0 fully saturated rings. The van der Waals surface area contributed by atoms with Crippen molar-refractivity contribution in [3.63, 3.8) is 0 Å². The standard InChI is InChI=1S/C22H25N3O5/c1-5-17(29-16-9-7-6-8-10-16)22(26)25(2)14-20-23-24-21(30-20)15-11-12-18(27-3)19(13-15)28-4/h6-13,17H,5,14H2,1-4H3/t17-/m1/s1. The molecule has 8 nitrogen and oxygen atoms in total. The van der Waals surface area contributed by atoms with E-state index in [4.69, 9.17) is 18.6 Å². The van der Waals surface area contributed by atoms with Gasteiger partial charge in [0.05, 0.1) is 20.8 Å². The van der Waals surface area contributed by atoms with Crippen LogP contribution in [0, 0.1) is 0 Å². The summed E-state index contributed by atoms with van der Waals surface area (Å²) in [6, 6.07) is 14.6. The second-order valence-corrected chi connectivity index (χ2v) is 6.59. The number of aromatic nitrogens is 2. The number of rotatable bonds is 9. The van der Waals surface area contributed by atoms with Gasteiger partial charge in [0, 0.05) is 12.6 Å². The zero-order chi connectivity index (χ0) is 21.5. The summed E-state index contributed by atoms with van der Waals surface area (Å²) < 4.78 is 22.1. The minimum atomic E-state index is -0.592. The summed E-state index contributed by atoms with van der Waals surface area (Å²) in [5.74, 6) is 2.32. The molecule has 0 aliphatic carbocycles. The number of methoxy groups -OCH3 is 2. The fourth-order valence-corrected chi connectivity index (χ4v) is 2.90. The maximum absolute atomic E-state index is 12.8. The molecule has 0 unspecified atom stereocenters. The number of carbonyl (C=O) groups is 1. The van der Waals surface area contributed by atoms with Crippen molar-refractivity contribution < 1.29 is 23.4 Å². The molecule has 0 aliphatic rings. The number of likely N-dealkylation sites (N-methyl/N-ethyl adjacent to an activating group) is 1. The molecule has 2 aromatic carbocycles. The Balaban J connectivity index is 1.68. The van der Waals surface area contributed by atoms with Gasteiger partial charge < -0.3 is 23.5 Å². The van der Waals surface area contributed by atoms with Crippen LogP contribution in [0.2, 0.25) is 0 Å². The van der Waals surface area contributed by atoms with Gasteiger partial charge in [-0.15, -0.1) is 10.2 Å². The predicted molar refractivity (Wildman–Crippen MR) is 110 cm³/mol. The maximum Gasteiger partial charge on any atom is 0.263 e. The number of para-hydroxylation sites is 1. The minimum Gasteiger partial charge on any atom is -0.493 e. The third kappa shape index (κ3) is 4.89. The molecule has 8 heteroatoms. The lowest BCUT2D eigenvalue weighted by atomic mass is 10.2. The number of hydrogen-bond donors (Lipinski definition) is 0. The normalized spacial score (nSPS) is 11.6. The van der Waals surface area contributed by atoms with Gasteiger partial charge in [0.1, 0.15) is 5.75 Å². The van der Waals surface area contributed by atoms with E-state index in [1.165, 1.54) is 4.90 Å². The Hall–Kier alpha value is -3.55. The molecule has 3 rings (SSSR count). The van der Waals surface area contributed by atoms with Gasteiger partial charge in [-0.25, -0.2) is 0 Å². The largest absolute Gasteiger partial charge is 0.493 e. The highest BCUT2D eigenvalue weighted by Gasteiger charge is 2.24. The zero-order valence-electron chi connectivity index (χ0n) is 17.5. The van der Waals surface area contributed by atoms with Crippen LogP contribution in [0.1, 0.15) is 19.2 Å². The first kappa shape index (κ1) is 21.2. The van der Waals surface area contributed by atoms with Crippen LogP contribution in [0.5, 0.6) is 17.2 Å². The highest BCUT2D eigenvalue weighted by Crippen LogP contribution is 2.31. The molecule has 0 bridgehead atoms. The van der Waals surface area contributed by atoms with Crippen molar-refractivity contribution in [3.05, 3.63) is 54.4 Å². The summed E-state index contributed by atoms with van der Waals surface area (Å²) in [5.41, 5.74) is 0.694. The smallest absolute Gasteiger partial charge is 0.263 e. The monoisotopic (exact) mass is 411 g/mol. The fourth-order valence-electron chi connectivity index (χ4n) is 2.90. The van der Waals surface area contributed by atoms with Crippen molar-refractivity contribution in [1.82, 2.24) is 15.1 Å². The Morgan fingerprint density at radius 3 is 2.47 bits per heavy atom. The van der Waals surface area contributed by atoms with Gasteiger partial charge in [0.2, 0.25) is 11.8 Å². The summed E-state index contributed by atoms with van der Waals surface area (Å²) in [6.45, 7) is 2.08. The first-order valence-corrected chi connectivity index (χ1v) is 9.57. The van der Waals surface area contributed by atoms with Crippen LogP contribution >= 0.6 is 0 Å². The van der Waals surface area contributed by atoms with E-state index in [0.29, 0.717) is 41.0 Å². The Labute approximate surface area is 175 Å². The van der Waals surface area contributed by atoms with Crippen LogP contribution in [0.25, 0.3) is 11.5 Å². The van der Waals surface area contributed by atoms with E-state index in [1.54, 1.807) is 39.5 Å². The van der Waals surface area contributed by atoms with Crippen LogP contribution in [0.4, 0.5) is 0 Å². The molecule has 1 heterocycles. The lowest BCUT2D eigenvalue weighted by Crippen LogP contribution is -2.39. The maximum atomic E-state index is 12.8. The van der Waals surface area contributed by atoms with Gasteiger partial charge in [-0.1, -0.05) is 25.1 Å². The summed E-state index contributed by atoms with van der Waals surface area (Å²) in [6.07, 6.45) is -0.0515. The lowest BCUT2D eigenvalue weighted by molar-refractivity contribution is -0.138. The Kier molecular flexibility index (Phi) is 6.90. The number of carbonyl (C=O) groups excluding carboxylic acids is 1. The van der Waals surface area contributed by atoms with Gasteiger partial charge >= 0.3 is 0 Å². The molecule has 3 aromatic rings. The van der Waals surface area contributed by atoms with Crippen molar-refractivity contribution in [2.75, 3.05) is 21.3 Å². The SMILES string of the molecule is CC[C@@H](Oc1ccccc1)C(=O)N(C)Cc1nnc(-c2ccc(OC)c(OC)c2)o1. The van der Waals surface area contributed by atoms with Crippen LogP contribution in [0.3, 0.4) is 0 Å². The molecular weight excluding hydrogens is 386 g/mol. The molecule has 0 radical (unpaired) electrons. The highest BCUT2D eigenvalue weighted by molar-refractivity contribution is 5.80. The first-order chi connectivity index (χ1) is 14.5. The summed E-state index contributed by atoms with van der Waals surface area (Å²) in [5, 5.41) is 8.14. The van der Waals surface area contributed by atoms with Crippen molar-refractivity contribution in [3.8, 4) is 28.7 Å². The molecule has 30 heavy (non-hydrogen) atoms. The number of amides is 1. The number of hydrogen-bond acceptors (Lipinski definition) is 7. The molecule has 1 aromatic heterocycles. The van der Waals surface area contributed by atoms with E-state index in [0.717, 1.165) is 0 Å². The summed E-state index contributed by atoms with van der Waals surface area (Å²) in [4.78, 5) is 14.3. The quantitative estimate of drug-likeness (QED) is 0.532. The molecule has 0 N–H and O–H groups in total. The van der Waals surface area contributed by atoms with Gasteiger partial charge in [-0.05, 0) is 36.8 Å². The Morgan fingerprint density at radius 2 is 1.80 bits per heavy atom. The molecular formula is C22H25N3O5. The second-order valence-electron chi connectivity index (χ2n) is 6.59. The summed E-state index contributed by atoms with van der Waals surface area (Å²) in [7, 11) is 4.81. The molecule has 158 valence electrons. The van der Waals surface area contributed by atoms with Crippen molar-refractivity contribution in [2.24, 2.45) is 0 Å². The zero-order valence-corrected chi connectivity index (χ0v) is 17.5. The molecule has 0 saturated heterocycles. The van der Waals surface area contributed by atoms with E-state index in [1.807, 2.05) is 37.3 Å². The van der Waals surface area contributed by atoms with E-state index in [2.05, 4.69) is 10.2 Å². The topological polar surface area (TPSA) is 86.9 Å². The number of nitrogens with zero attached hydrogens (tertiary/aromatic N) is 3. The Bertz CT molecular complexity index is 974. The average Bonchev–Trinajstić information content (AvgIpc) is 3.25. The minimum absolute atomic E-state index is 0.160. The Morgan fingerprint density at radius 1 is 1.07 bits per heavy atom. The van der Waals surface area contributed by atoms with Crippen LogP contribution < -0.4 is 14.2 Å². The van der Waals surface area contributed by atoms with E-state index >= 15 is 0 Å². The van der Waals surface area contributed by atoms with Crippen molar-refractivity contribution in [1.29, 1.82) is 0 Å². The first-order valence-electron chi connectivity index (χ1n) is 9.57. The number of ether oxygens (including phenoxy) is 3. The van der Waals surface area contributed by atoms with E-state index in [9.17, 15) is 4.79 Å². The van der Waals surface area contributed by atoms with Gasteiger partial charge in [-0.2, -0.15) is 0 Å². The van der Waals surface area contributed by atoms with Gasteiger partial charge in [0.15, 0.2) is 17.6 Å². The average molecular weight is 411 g/mol. The van der Waals surface area contributed by atoms with Crippen LogP contribution in [-0.2, 0) is 11.3 Å². The second kappa shape index (κ2) is 9.78. The van der Waals surface area contributed by atoms with E-state index < -0.39 is 6.10 Å². The molecule has 1 atom stereocenters. The predicted octanol–water partition coefficient (Wildman–Crippen LogP) is 3.57. The molecule has 0 saturated carbocycles. The fraction of sp³-hybridized carbons (Fsp3) is 0.318. The van der Waals surface area contributed by atoms with Crippen molar-refractivity contribution in [2.45, 2.75) is 26.0 Å². The lowest BCUT2D eigenvalue weighted by Gasteiger charge is -2.22. The molecule has 0 spiro atoms. The van der Waals surface area contributed by atoms with Crippen LogP contribution in [-0.4, -0.2) is 48.4 Å². The molecule has 1 amide bonds. The third-order valence-electron chi connectivity index (χ3n) is 4.51. The van der Waals surface area contributed by atoms with Crippen molar-refractivity contribution >= 4 is 5.91 Å². The highest BCUT2D eigenvalue weighted by atomic mass is 16.5. The molecule has 0 aliphatic heterocycles. The number of benzene rings is 2. The third-order valence-corrected chi connectivity index (χ3v) is 4.51. The van der Waals surface area contributed by atoms with E-state index in [-0.39, 0.29) is 12.5 Å². The van der Waals surface area contributed by atoms with Crippen LogP contribution in [0.15, 0.2) is 52.9 Å². The van der Waals surface area contributed by atoms with Gasteiger partial charge in [0.25, 0.3) is 5.91 Å².